The molecule has 0 fully saturated rings. The van der Waals surface area contributed by atoms with Crippen molar-refractivity contribution in [2.75, 3.05) is 0 Å². The first kappa shape index (κ1) is 20.6. The van der Waals surface area contributed by atoms with Gasteiger partial charge in [0, 0.05) is 5.56 Å². The van der Waals surface area contributed by atoms with E-state index in [1.807, 2.05) is 63.2 Å². The fourth-order valence-corrected chi connectivity index (χ4v) is 2.75. The molecule has 1 atom stereocenters. The van der Waals surface area contributed by atoms with Crippen molar-refractivity contribution >= 4 is 0 Å². The lowest BCUT2D eigenvalue weighted by molar-refractivity contribution is 0.0531. The number of aliphatic hydroxyl groups is 1. The Morgan fingerprint density at radius 1 is 1.15 bits per heavy atom. The fourth-order valence-electron chi connectivity index (χ4n) is 2.75. The Balaban J connectivity index is 2.42. The van der Waals surface area contributed by atoms with Crippen molar-refractivity contribution in [2.45, 2.75) is 51.9 Å². The van der Waals surface area contributed by atoms with Gasteiger partial charge in [-0.15, -0.1) is 13.0 Å². The van der Waals surface area contributed by atoms with E-state index in [4.69, 9.17) is 15.9 Å². The van der Waals surface area contributed by atoms with E-state index < -0.39 is 11.2 Å². The highest BCUT2D eigenvalue weighted by atomic mass is 16.5. The molecule has 0 radical (unpaired) electrons. The summed E-state index contributed by atoms with van der Waals surface area (Å²) in [4.78, 5) is 0. The van der Waals surface area contributed by atoms with E-state index in [1.54, 1.807) is 13.0 Å². The third kappa shape index (κ3) is 5.39. The highest BCUT2D eigenvalue weighted by molar-refractivity contribution is 5.49. The van der Waals surface area contributed by atoms with Gasteiger partial charge in [0.05, 0.1) is 5.60 Å². The topological polar surface area (TPSA) is 38.7 Å². The maximum atomic E-state index is 11.0. The minimum atomic E-state index is -1.15. The van der Waals surface area contributed by atoms with Crippen LogP contribution in [0.15, 0.2) is 55.1 Å². The van der Waals surface area contributed by atoms with Crippen molar-refractivity contribution in [1.29, 1.82) is 0 Å². The van der Waals surface area contributed by atoms with Crippen LogP contribution in [0.2, 0.25) is 0 Å². The Morgan fingerprint density at radius 3 is 2.41 bits per heavy atom. The zero-order valence-corrected chi connectivity index (χ0v) is 16.6. The molecule has 2 aromatic rings. The predicted octanol–water partition coefficient (Wildman–Crippen LogP) is 5.15. The lowest BCUT2D eigenvalue weighted by Crippen LogP contribution is -2.29. The Labute approximate surface area is 162 Å². The molecule has 142 valence electrons. The van der Waals surface area contributed by atoms with Gasteiger partial charge >= 0.3 is 0 Å². The average molecular weight is 364 g/mol. The van der Waals surface area contributed by atoms with Gasteiger partial charge in [-0.1, -0.05) is 42.3 Å². The molecule has 0 aliphatic rings. The number of hydrogen-bond acceptors (Lipinski definition) is 3. The van der Waals surface area contributed by atoms with Crippen LogP contribution in [0.5, 0.6) is 11.5 Å². The van der Waals surface area contributed by atoms with Crippen LogP contribution in [-0.4, -0.2) is 10.7 Å². The van der Waals surface area contributed by atoms with Crippen LogP contribution in [-0.2, 0) is 12.2 Å². The summed E-state index contributed by atoms with van der Waals surface area (Å²) in [5, 5.41) is 11.0. The molecule has 0 amide bonds. The number of aryl methyl sites for hydroxylation is 1. The molecular formula is C24H28O3. The molecule has 27 heavy (non-hydrogen) atoms. The standard InChI is InChI=1S/C24H28O3/c1-7-14-24(6,25)20-16-21(26-17-19-12-10-9-11-13-19)18(3)15-22(20)27-23(4,5)8-2/h2,7,9-13,15-16,25H,1,14,17H2,3-6H3. The maximum Gasteiger partial charge on any atom is 0.163 e. The Kier molecular flexibility index (Phi) is 6.36. The Morgan fingerprint density at radius 2 is 1.81 bits per heavy atom. The molecule has 3 heteroatoms. The van der Waals surface area contributed by atoms with E-state index in [1.165, 1.54) is 0 Å². The Hall–Kier alpha value is -2.70. The molecule has 0 bridgehead atoms. The molecule has 0 saturated heterocycles. The zero-order chi connectivity index (χ0) is 20.1. The van der Waals surface area contributed by atoms with Gasteiger partial charge in [0.25, 0.3) is 0 Å². The van der Waals surface area contributed by atoms with Crippen LogP contribution in [0.1, 0.15) is 43.9 Å². The largest absolute Gasteiger partial charge is 0.489 e. The van der Waals surface area contributed by atoms with E-state index in [0.717, 1.165) is 11.1 Å². The highest BCUT2D eigenvalue weighted by Gasteiger charge is 2.29. The summed E-state index contributed by atoms with van der Waals surface area (Å²) in [5.41, 5.74) is 0.662. The molecule has 0 aliphatic carbocycles. The minimum absolute atomic E-state index is 0.376. The highest BCUT2D eigenvalue weighted by Crippen LogP contribution is 2.39. The molecule has 0 aliphatic heterocycles. The molecule has 1 unspecified atom stereocenters. The number of hydrogen-bond donors (Lipinski definition) is 1. The molecule has 1 N–H and O–H groups in total. The molecule has 0 aromatic heterocycles. The van der Waals surface area contributed by atoms with Crippen LogP contribution in [0.25, 0.3) is 0 Å². The summed E-state index contributed by atoms with van der Waals surface area (Å²) in [6.07, 6.45) is 7.63. The van der Waals surface area contributed by atoms with Crippen molar-refractivity contribution in [1.82, 2.24) is 0 Å². The summed E-state index contributed by atoms with van der Waals surface area (Å²) < 4.78 is 12.0. The van der Waals surface area contributed by atoms with E-state index in [2.05, 4.69) is 12.5 Å². The van der Waals surface area contributed by atoms with Crippen molar-refractivity contribution < 1.29 is 14.6 Å². The summed E-state index contributed by atoms with van der Waals surface area (Å²) in [6, 6.07) is 13.7. The first-order valence-electron chi connectivity index (χ1n) is 9.00. The molecule has 0 saturated carbocycles. The first-order valence-corrected chi connectivity index (χ1v) is 9.00. The third-order valence-corrected chi connectivity index (χ3v) is 4.35. The lowest BCUT2D eigenvalue weighted by atomic mass is 9.90. The van der Waals surface area contributed by atoms with Gasteiger partial charge < -0.3 is 14.6 Å². The van der Waals surface area contributed by atoms with Crippen molar-refractivity contribution in [2.24, 2.45) is 0 Å². The van der Waals surface area contributed by atoms with Gasteiger partial charge in [-0.2, -0.15) is 0 Å². The number of rotatable bonds is 8. The monoisotopic (exact) mass is 364 g/mol. The lowest BCUT2D eigenvalue weighted by Gasteiger charge is -2.29. The van der Waals surface area contributed by atoms with Crippen molar-refractivity contribution in [3.8, 4) is 23.8 Å². The van der Waals surface area contributed by atoms with E-state index >= 15 is 0 Å². The van der Waals surface area contributed by atoms with Crippen molar-refractivity contribution in [3.63, 3.8) is 0 Å². The molecule has 2 aromatic carbocycles. The van der Waals surface area contributed by atoms with Crippen LogP contribution < -0.4 is 9.47 Å². The summed E-state index contributed by atoms with van der Waals surface area (Å²) in [6.45, 7) is 11.5. The quantitative estimate of drug-likeness (QED) is 0.520. The van der Waals surface area contributed by atoms with E-state index in [-0.39, 0.29) is 0 Å². The molecule has 0 heterocycles. The normalized spacial score (nSPS) is 13.3. The first-order chi connectivity index (χ1) is 12.7. The summed E-state index contributed by atoms with van der Waals surface area (Å²) in [5.74, 6) is 3.87. The molecule has 2 rings (SSSR count). The predicted molar refractivity (Wildman–Crippen MR) is 110 cm³/mol. The second-order valence-corrected chi connectivity index (χ2v) is 7.41. The smallest absolute Gasteiger partial charge is 0.163 e. The minimum Gasteiger partial charge on any atom is -0.489 e. The molecule has 0 spiro atoms. The summed E-state index contributed by atoms with van der Waals surface area (Å²) >= 11 is 0. The molecule has 3 nitrogen and oxygen atoms in total. The average Bonchev–Trinajstić information content (AvgIpc) is 2.61. The van der Waals surface area contributed by atoms with Gasteiger partial charge in [0.1, 0.15) is 18.1 Å². The number of benzene rings is 2. The van der Waals surface area contributed by atoms with Gasteiger partial charge in [-0.3, -0.25) is 0 Å². The zero-order valence-electron chi connectivity index (χ0n) is 16.6. The van der Waals surface area contributed by atoms with Crippen LogP contribution >= 0.6 is 0 Å². The second kappa shape index (κ2) is 8.33. The van der Waals surface area contributed by atoms with Gasteiger partial charge in [0.15, 0.2) is 5.60 Å². The van der Waals surface area contributed by atoms with Crippen LogP contribution in [0.4, 0.5) is 0 Å². The van der Waals surface area contributed by atoms with E-state index in [0.29, 0.717) is 30.1 Å². The van der Waals surface area contributed by atoms with Crippen LogP contribution in [0, 0.1) is 19.3 Å². The SMILES string of the molecule is C#CC(C)(C)Oc1cc(C)c(OCc2ccccc2)cc1C(C)(O)CC=C. The number of ether oxygens (including phenoxy) is 2. The van der Waals surface area contributed by atoms with Gasteiger partial charge in [-0.25, -0.2) is 0 Å². The molecular weight excluding hydrogens is 336 g/mol. The fraction of sp³-hybridized carbons (Fsp3) is 0.333. The number of terminal acetylenes is 1. The van der Waals surface area contributed by atoms with Gasteiger partial charge in [0.2, 0.25) is 0 Å². The van der Waals surface area contributed by atoms with Gasteiger partial charge in [-0.05, 0) is 57.4 Å². The van der Waals surface area contributed by atoms with Crippen molar-refractivity contribution in [3.05, 3.63) is 71.8 Å². The summed E-state index contributed by atoms with van der Waals surface area (Å²) in [7, 11) is 0. The second-order valence-electron chi connectivity index (χ2n) is 7.41. The van der Waals surface area contributed by atoms with E-state index in [9.17, 15) is 5.11 Å². The Bertz CT molecular complexity index is 827. The van der Waals surface area contributed by atoms with Crippen LogP contribution in [0.3, 0.4) is 0 Å². The maximum absolute atomic E-state index is 11.0. The third-order valence-electron chi connectivity index (χ3n) is 4.35.